The van der Waals surface area contributed by atoms with Crippen molar-refractivity contribution in [1.82, 2.24) is 0 Å². The van der Waals surface area contributed by atoms with E-state index in [1.165, 1.54) is 0 Å². The molecule has 0 aromatic heterocycles. The molecule has 1 spiro atoms. The first-order valence-electron chi connectivity index (χ1n) is 6.24. The molecule has 0 unspecified atom stereocenters. The van der Waals surface area contributed by atoms with E-state index in [9.17, 15) is 9.59 Å². The van der Waals surface area contributed by atoms with Gasteiger partial charge in [0.2, 0.25) is 5.91 Å². The van der Waals surface area contributed by atoms with E-state index in [2.05, 4.69) is 15.9 Å². The second kappa shape index (κ2) is 4.19. The lowest BCUT2D eigenvalue weighted by Gasteiger charge is -2.20. The topological polar surface area (TPSA) is 37.4 Å². The number of ketones is 1. The highest BCUT2D eigenvalue weighted by atomic mass is 79.9. The summed E-state index contributed by atoms with van der Waals surface area (Å²) in [5.74, 6) is 0.111. The lowest BCUT2D eigenvalue weighted by atomic mass is 9.83. The Labute approximate surface area is 114 Å². The number of carbonyl (C=O) groups excluding carboxylic acids is 2. The number of halogens is 1. The monoisotopic (exact) mass is 307 g/mol. The Kier molecular flexibility index (Phi) is 2.77. The molecular weight excluding hydrogens is 294 g/mol. The number of rotatable bonds is 1. The predicted octanol–water partition coefficient (Wildman–Crippen LogP) is 2.93. The van der Waals surface area contributed by atoms with Gasteiger partial charge in [0, 0.05) is 10.2 Å². The summed E-state index contributed by atoms with van der Waals surface area (Å²) >= 11 is 3.37. The summed E-state index contributed by atoms with van der Waals surface area (Å²) in [6.45, 7) is 0.237. The first kappa shape index (κ1) is 11.9. The summed E-state index contributed by atoms with van der Waals surface area (Å²) in [5.41, 5.74) is 0.132. The largest absolute Gasteiger partial charge is 0.304 e. The highest BCUT2D eigenvalue weighted by molar-refractivity contribution is 9.10. The maximum atomic E-state index is 12.5. The van der Waals surface area contributed by atoms with Crippen molar-refractivity contribution in [2.45, 2.75) is 25.7 Å². The molecule has 2 aliphatic rings. The van der Waals surface area contributed by atoms with Crippen molar-refractivity contribution in [1.29, 1.82) is 0 Å². The van der Waals surface area contributed by atoms with Gasteiger partial charge >= 0.3 is 0 Å². The van der Waals surface area contributed by atoms with Gasteiger partial charge in [-0.15, -0.1) is 0 Å². The first-order valence-corrected chi connectivity index (χ1v) is 7.04. The maximum absolute atomic E-state index is 12.5. The van der Waals surface area contributed by atoms with Crippen LogP contribution in [0.4, 0.5) is 5.69 Å². The maximum Gasteiger partial charge on any atom is 0.241 e. The summed E-state index contributed by atoms with van der Waals surface area (Å²) in [7, 11) is 0. The fourth-order valence-corrected chi connectivity index (χ4v) is 3.31. The normalized spacial score (nSPS) is 22.2. The van der Waals surface area contributed by atoms with Crippen LogP contribution in [-0.4, -0.2) is 18.2 Å². The summed E-state index contributed by atoms with van der Waals surface area (Å²) in [6.07, 6.45) is 3.45. The van der Waals surface area contributed by atoms with Gasteiger partial charge in [-0.25, -0.2) is 0 Å². The molecule has 1 saturated carbocycles. The average molecular weight is 308 g/mol. The van der Waals surface area contributed by atoms with Gasteiger partial charge in [0.25, 0.3) is 0 Å². The fraction of sp³-hybridized carbons (Fsp3) is 0.429. The van der Waals surface area contributed by atoms with Crippen molar-refractivity contribution in [2.75, 3.05) is 11.4 Å². The first-order chi connectivity index (χ1) is 8.63. The molecule has 4 heteroatoms. The SMILES string of the molecule is O=C1CN(c2ccc(Br)cc2)C(=O)C12CCCC2. The molecule has 1 aromatic carbocycles. The van der Waals surface area contributed by atoms with Gasteiger partial charge in [-0.05, 0) is 37.1 Å². The van der Waals surface area contributed by atoms with E-state index in [1.54, 1.807) is 4.90 Å². The molecule has 0 N–H and O–H groups in total. The third-order valence-electron chi connectivity index (χ3n) is 4.09. The number of Topliss-reactive ketones (excluding diaryl/α,β-unsaturated/α-hetero) is 1. The minimum atomic E-state index is -0.687. The number of benzene rings is 1. The molecule has 0 atom stereocenters. The average Bonchev–Trinajstić information content (AvgIpc) is 2.94. The van der Waals surface area contributed by atoms with Crippen molar-refractivity contribution in [2.24, 2.45) is 5.41 Å². The quantitative estimate of drug-likeness (QED) is 0.748. The second-order valence-electron chi connectivity index (χ2n) is 5.08. The van der Waals surface area contributed by atoms with E-state index in [1.807, 2.05) is 24.3 Å². The van der Waals surface area contributed by atoms with Crippen molar-refractivity contribution in [3.63, 3.8) is 0 Å². The van der Waals surface area contributed by atoms with Crippen LogP contribution in [0.15, 0.2) is 28.7 Å². The smallest absolute Gasteiger partial charge is 0.241 e. The molecule has 1 aliphatic carbocycles. The van der Waals surface area contributed by atoms with Crippen LogP contribution in [0.25, 0.3) is 0 Å². The Bertz CT molecular complexity index is 503. The van der Waals surface area contributed by atoms with E-state index in [0.29, 0.717) is 0 Å². The zero-order valence-corrected chi connectivity index (χ0v) is 11.6. The third-order valence-corrected chi connectivity index (χ3v) is 4.61. The number of carbonyl (C=O) groups is 2. The second-order valence-corrected chi connectivity index (χ2v) is 6.00. The zero-order valence-electron chi connectivity index (χ0n) is 9.99. The zero-order chi connectivity index (χ0) is 12.8. The molecule has 0 bridgehead atoms. The van der Waals surface area contributed by atoms with Crippen LogP contribution < -0.4 is 4.90 Å². The molecule has 3 nitrogen and oxygen atoms in total. The molecule has 94 valence electrons. The number of hydrogen-bond donors (Lipinski definition) is 0. The Balaban J connectivity index is 1.94. The molecular formula is C14H14BrNO2. The molecule has 0 radical (unpaired) electrons. The van der Waals surface area contributed by atoms with Gasteiger partial charge in [-0.1, -0.05) is 28.8 Å². The summed E-state index contributed by atoms with van der Waals surface area (Å²) < 4.78 is 0.972. The molecule has 1 amide bonds. The van der Waals surface area contributed by atoms with E-state index in [0.717, 1.165) is 35.8 Å². The molecule has 2 fully saturated rings. The van der Waals surface area contributed by atoms with Crippen molar-refractivity contribution >= 4 is 33.3 Å². The lowest BCUT2D eigenvalue weighted by Crippen LogP contribution is -2.34. The fourth-order valence-electron chi connectivity index (χ4n) is 3.05. The van der Waals surface area contributed by atoms with Crippen LogP contribution in [0.5, 0.6) is 0 Å². The van der Waals surface area contributed by atoms with Crippen molar-refractivity contribution < 1.29 is 9.59 Å². The summed E-state index contributed by atoms with van der Waals surface area (Å²) in [6, 6.07) is 7.55. The minimum Gasteiger partial charge on any atom is -0.304 e. The molecule has 18 heavy (non-hydrogen) atoms. The van der Waals surface area contributed by atoms with Crippen LogP contribution in [0.3, 0.4) is 0 Å². The van der Waals surface area contributed by atoms with Crippen molar-refractivity contribution in [3.8, 4) is 0 Å². The van der Waals surface area contributed by atoms with Gasteiger partial charge in [-0.3, -0.25) is 9.59 Å². The van der Waals surface area contributed by atoms with Gasteiger partial charge in [0.05, 0.1) is 6.54 Å². The van der Waals surface area contributed by atoms with Crippen LogP contribution in [0.2, 0.25) is 0 Å². The summed E-state index contributed by atoms with van der Waals surface area (Å²) in [5, 5.41) is 0. The Morgan fingerprint density at radius 2 is 1.67 bits per heavy atom. The van der Waals surface area contributed by atoms with Gasteiger partial charge in [0.1, 0.15) is 5.41 Å². The molecule has 3 rings (SSSR count). The van der Waals surface area contributed by atoms with Crippen LogP contribution in [0, 0.1) is 5.41 Å². The molecule has 1 aliphatic heterocycles. The van der Waals surface area contributed by atoms with Crippen LogP contribution >= 0.6 is 15.9 Å². The van der Waals surface area contributed by atoms with E-state index < -0.39 is 5.41 Å². The molecule has 1 heterocycles. The van der Waals surface area contributed by atoms with E-state index in [-0.39, 0.29) is 18.2 Å². The van der Waals surface area contributed by atoms with E-state index in [4.69, 9.17) is 0 Å². The van der Waals surface area contributed by atoms with Gasteiger partial charge in [-0.2, -0.15) is 0 Å². The predicted molar refractivity (Wildman–Crippen MR) is 72.4 cm³/mol. The highest BCUT2D eigenvalue weighted by Crippen LogP contribution is 2.45. The van der Waals surface area contributed by atoms with Crippen LogP contribution in [0.1, 0.15) is 25.7 Å². The molecule has 1 aromatic rings. The van der Waals surface area contributed by atoms with Gasteiger partial charge in [0.15, 0.2) is 5.78 Å². The van der Waals surface area contributed by atoms with E-state index >= 15 is 0 Å². The van der Waals surface area contributed by atoms with Crippen LogP contribution in [-0.2, 0) is 9.59 Å². The standard InChI is InChI=1S/C14H14BrNO2/c15-10-3-5-11(6-4-10)16-9-12(17)14(13(16)18)7-1-2-8-14/h3-6H,1-2,7-9H2. The Morgan fingerprint density at radius 3 is 2.28 bits per heavy atom. The van der Waals surface area contributed by atoms with Crippen molar-refractivity contribution in [3.05, 3.63) is 28.7 Å². The Morgan fingerprint density at radius 1 is 1.06 bits per heavy atom. The van der Waals surface area contributed by atoms with Gasteiger partial charge < -0.3 is 4.90 Å². The minimum absolute atomic E-state index is 0.00678. The third kappa shape index (κ3) is 1.62. The highest BCUT2D eigenvalue weighted by Gasteiger charge is 2.55. The Hall–Kier alpha value is -1.16. The number of amides is 1. The number of hydrogen-bond acceptors (Lipinski definition) is 2. The number of nitrogens with zero attached hydrogens (tertiary/aromatic N) is 1. The lowest BCUT2D eigenvalue weighted by molar-refractivity contribution is -0.134. The molecule has 1 saturated heterocycles. The summed E-state index contributed by atoms with van der Waals surface area (Å²) in [4.78, 5) is 26.3. The number of anilines is 1.